The van der Waals surface area contributed by atoms with Crippen molar-refractivity contribution in [2.24, 2.45) is 5.41 Å². The van der Waals surface area contributed by atoms with E-state index in [0.717, 1.165) is 36.1 Å². The number of nitrogens with two attached hydrogens (primary N) is 1. The molecule has 2 aromatic carbocycles. The number of alkyl halides is 3. The van der Waals surface area contributed by atoms with Crippen LogP contribution in [-0.2, 0) is 9.53 Å². The number of carbonyl (C=O) groups excluding carboxylic acids is 1. The lowest BCUT2D eigenvalue weighted by Crippen LogP contribution is -2.41. The van der Waals surface area contributed by atoms with Gasteiger partial charge in [0.2, 0.25) is 17.9 Å². The minimum absolute atomic E-state index is 0.0513. The van der Waals surface area contributed by atoms with Crippen LogP contribution in [0.15, 0.2) is 54.6 Å². The van der Waals surface area contributed by atoms with E-state index in [2.05, 4.69) is 15.3 Å². The van der Waals surface area contributed by atoms with E-state index in [9.17, 15) is 18.0 Å². The monoisotopic (exact) mass is 613 g/mol. The number of aromatic nitrogens is 2. The van der Waals surface area contributed by atoms with Gasteiger partial charge in [0.15, 0.2) is 0 Å². The van der Waals surface area contributed by atoms with E-state index in [4.69, 9.17) is 19.9 Å². The average Bonchev–Trinajstić information content (AvgIpc) is 3.42. The quantitative estimate of drug-likeness (QED) is 0.278. The summed E-state index contributed by atoms with van der Waals surface area (Å²) >= 11 is 0. The summed E-state index contributed by atoms with van der Waals surface area (Å²) in [7, 11) is 0. The first-order valence-corrected chi connectivity index (χ1v) is 15.0. The zero-order chi connectivity index (χ0) is 31.3. The Balaban J connectivity index is 1.27. The molecular weight excluding hydrogens is 575 g/mol. The maximum atomic E-state index is 14.3. The number of benzene rings is 2. The second kappa shape index (κ2) is 13.3. The number of ether oxygens (including phenoxy) is 3. The zero-order valence-corrected chi connectivity index (χ0v) is 24.9. The van der Waals surface area contributed by atoms with E-state index in [0.29, 0.717) is 45.1 Å². The second-order valence-electron chi connectivity index (χ2n) is 11.3. The van der Waals surface area contributed by atoms with Crippen LogP contribution in [0.3, 0.4) is 0 Å². The number of hydrogen-bond donors (Lipinski definition) is 2. The Morgan fingerprint density at radius 2 is 1.73 bits per heavy atom. The van der Waals surface area contributed by atoms with Crippen molar-refractivity contribution in [3.63, 3.8) is 0 Å². The molecule has 2 saturated heterocycles. The van der Waals surface area contributed by atoms with Crippen LogP contribution in [0.1, 0.15) is 51.2 Å². The van der Waals surface area contributed by atoms with Crippen LogP contribution in [0.5, 0.6) is 11.6 Å². The highest BCUT2D eigenvalue weighted by atomic mass is 19.4. The molecule has 0 amide bonds. The minimum atomic E-state index is -4.71. The Bertz CT molecular complexity index is 1410. The second-order valence-corrected chi connectivity index (χ2v) is 11.3. The molecule has 12 heteroatoms. The van der Waals surface area contributed by atoms with E-state index >= 15 is 0 Å². The average molecular weight is 614 g/mol. The fourth-order valence-electron chi connectivity index (χ4n) is 5.83. The summed E-state index contributed by atoms with van der Waals surface area (Å²) in [5.74, 6) is 0.469. The molecule has 2 fully saturated rings. The summed E-state index contributed by atoms with van der Waals surface area (Å²) in [5.41, 5.74) is 7.43. The van der Waals surface area contributed by atoms with Gasteiger partial charge in [-0.05, 0) is 61.3 Å². The Morgan fingerprint density at radius 1 is 1.07 bits per heavy atom. The molecule has 2 aliphatic heterocycles. The molecule has 0 bridgehead atoms. The Kier molecular flexibility index (Phi) is 9.48. The fraction of sp³-hybridized carbons (Fsp3) is 0.469. The van der Waals surface area contributed by atoms with Crippen LogP contribution >= 0.6 is 0 Å². The lowest BCUT2D eigenvalue weighted by Gasteiger charge is -2.39. The lowest BCUT2D eigenvalue weighted by molar-refractivity contribution is -0.198. The molecule has 1 spiro atoms. The maximum Gasteiger partial charge on any atom is 0.429 e. The number of nitrogens with zero attached hydrogens (tertiary/aromatic N) is 3. The molecule has 9 nitrogen and oxygen atoms in total. The molecule has 5 rings (SSSR count). The van der Waals surface area contributed by atoms with Crippen molar-refractivity contribution in [2.75, 3.05) is 43.5 Å². The van der Waals surface area contributed by atoms with Crippen molar-refractivity contribution >= 4 is 17.7 Å². The third-order valence-electron chi connectivity index (χ3n) is 8.20. The molecule has 3 N–H and O–H groups in total. The number of piperidine rings is 1. The Labute approximate surface area is 254 Å². The molecule has 0 aliphatic carbocycles. The molecule has 2 atom stereocenters. The molecule has 1 unspecified atom stereocenters. The number of hydrogen-bond acceptors (Lipinski definition) is 9. The van der Waals surface area contributed by atoms with Crippen LogP contribution < -0.4 is 25.4 Å². The summed E-state index contributed by atoms with van der Waals surface area (Å²) in [5, 5.41) is 3.28. The van der Waals surface area contributed by atoms with E-state index in [1.165, 1.54) is 18.2 Å². The molecule has 2 aliphatic rings. The van der Waals surface area contributed by atoms with Crippen LogP contribution in [0.2, 0.25) is 0 Å². The molecule has 236 valence electrons. The number of anilines is 2. The smallest absolute Gasteiger partial charge is 0.429 e. The number of halogens is 3. The molecule has 0 radical (unpaired) electrons. The van der Waals surface area contributed by atoms with Crippen molar-refractivity contribution in [1.29, 1.82) is 0 Å². The van der Waals surface area contributed by atoms with Gasteiger partial charge in [0, 0.05) is 31.3 Å². The zero-order valence-electron chi connectivity index (χ0n) is 24.9. The summed E-state index contributed by atoms with van der Waals surface area (Å²) in [6.07, 6.45) is -3.82. The highest BCUT2D eigenvalue weighted by Crippen LogP contribution is 2.42. The van der Waals surface area contributed by atoms with Crippen LogP contribution in [0, 0.1) is 5.41 Å². The normalized spacial score (nSPS) is 18.7. The van der Waals surface area contributed by atoms with Crippen LogP contribution in [0.4, 0.5) is 24.9 Å². The number of nitrogen functional groups attached to an aromatic ring is 1. The van der Waals surface area contributed by atoms with Gasteiger partial charge in [-0.25, -0.2) is 0 Å². The number of nitrogens with one attached hydrogen (secondary N) is 1. The standard InChI is InChI=1S/C32H38F3N5O4/c1-3-17-43-24-11-9-22(10-12-24)21-5-7-23(8-6-21)28(32(33,34)35)44-27-18-26(38-30(36)39-27)40-15-13-31(14-16-40)19-25(37-20-31)29(41)42-4-2/h5-12,18,25,28,37H,3-4,13-17,19-20H2,1-2H3,(H2,36,38,39)/t25?,28-/m1/s1. The van der Waals surface area contributed by atoms with Gasteiger partial charge in [-0.1, -0.05) is 43.3 Å². The Hall–Kier alpha value is -4.06. The third kappa shape index (κ3) is 7.35. The summed E-state index contributed by atoms with van der Waals surface area (Å²) in [6, 6.07) is 14.6. The van der Waals surface area contributed by atoms with Gasteiger partial charge >= 0.3 is 12.1 Å². The van der Waals surface area contributed by atoms with E-state index in [1.54, 1.807) is 19.1 Å². The third-order valence-corrected chi connectivity index (χ3v) is 8.20. The van der Waals surface area contributed by atoms with Crippen LogP contribution in [-0.4, -0.2) is 61.0 Å². The SMILES string of the molecule is CCCOc1ccc(-c2ccc([C@@H](Oc3cc(N4CCC5(CC4)CNC(C(=O)OCC)C5)nc(N)n3)C(F)(F)F)cc2)cc1. The van der Waals surface area contributed by atoms with Gasteiger partial charge < -0.3 is 30.2 Å². The maximum absolute atomic E-state index is 14.3. The molecule has 3 aromatic rings. The first-order chi connectivity index (χ1) is 21.1. The van der Waals surface area contributed by atoms with Crippen LogP contribution in [0.25, 0.3) is 11.1 Å². The van der Waals surface area contributed by atoms with E-state index in [-0.39, 0.29) is 34.8 Å². The number of carbonyl (C=O) groups is 1. The van der Waals surface area contributed by atoms with Gasteiger partial charge in [-0.2, -0.15) is 23.1 Å². The van der Waals surface area contributed by atoms with Crippen molar-refractivity contribution in [3.8, 4) is 22.8 Å². The molecule has 1 aromatic heterocycles. The first kappa shape index (κ1) is 31.4. The summed E-state index contributed by atoms with van der Waals surface area (Å²) in [6.45, 7) is 6.66. The molecule has 0 saturated carbocycles. The molecule has 3 heterocycles. The predicted octanol–water partition coefficient (Wildman–Crippen LogP) is 5.71. The van der Waals surface area contributed by atoms with Crippen molar-refractivity contribution in [2.45, 2.75) is 57.9 Å². The largest absolute Gasteiger partial charge is 0.494 e. The van der Waals surface area contributed by atoms with E-state index in [1.807, 2.05) is 36.1 Å². The Morgan fingerprint density at radius 3 is 2.34 bits per heavy atom. The van der Waals surface area contributed by atoms with Crippen molar-refractivity contribution in [1.82, 2.24) is 15.3 Å². The van der Waals surface area contributed by atoms with Crippen molar-refractivity contribution in [3.05, 3.63) is 60.2 Å². The predicted molar refractivity (Wildman–Crippen MR) is 160 cm³/mol. The van der Waals surface area contributed by atoms with E-state index < -0.39 is 12.3 Å². The lowest BCUT2D eigenvalue weighted by atomic mass is 9.76. The van der Waals surface area contributed by atoms with Crippen molar-refractivity contribution < 1.29 is 32.2 Å². The molecular formula is C32H38F3N5O4. The highest BCUT2D eigenvalue weighted by molar-refractivity contribution is 5.76. The first-order valence-electron chi connectivity index (χ1n) is 15.0. The van der Waals surface area contributed by atoms with Gasteiger partial charge in [-0.15, -0.1) is 0 Å². The fourth-order valence-corrected chi connectivity index (χ4v) is 5.83. The van der Waals surface area contributed by atoms with Gasteiger partial charge in [-0.3, -0.25) is 4.79 Å². The highest BCUT2D eigenvalue weighted by Gasteiger charge is 2.45. The molecule has 44 heavy (non-hydrogen) atoms. The topological polar surface area (TPSA) is 112 Å². The summed E-state index contributed by atoms with van der Waals surface area (Å²) in [4.78, 5) is 22.4. The minimum Gasteiger partial charge on any atom is -0.494 e. The van der Waals surface area contributed by atoms with Gasteiger partial charge in [0.25, 0.3) is 0 Å². The number of esters is 1. The van der Waals surface area contributed by atoms with Gasteiger partial charge in [0.1, 0.15) is 17.6 Å². The number of rotatable bonds is 10. The summed E-state index contributed by atoms with van der Waals surface area (Å²) < 4.78 is 59.0. The van der Waals surface area contributed by atoms with Gasteiger partial charge in [0.05, 0.1) is 13.2 Å².